The lowest BCUT2D eigenvalue weighted by molar-refractivity contribution is -0.142. The first-order chi connectivity index (χ1) is 7.81. The molecule has 0 saturated carbocycles. The average molecular weight is 219 g/mol. The zero-order valence-corrected chi connectivity index (χ0v) is 9.53. The fraction of sp³-hybridized carbons (Fsp3) is 0.462. The summed E-state index contributed by atoms with van der Waals surface area (Å²) in [6.45, 7) is 3.44. The molecular formula is C13H17NO2. The first-order valence-electron chi connectivity index (χ1n) is 5.75. The van der Waals surface area contributed by atoms with E-state index in [1.165, 1.54) is 11.1 Å². The molecule has 1 aliphatic carbocycles. The van der Waals surface area contributed by atoms with Gasteiger partial charge in [-0.3, -0.25) is 4.79 Å². The molecule has 86 valence electrons. The van der Waals surface area contributed by atoms with Crippen molar-refractivity contribution in [3.05, 3.63) is 35.4 Å². The first kappa shape index (κ1) is 11.1. The van der Waals surface area contributed by atoms with E-state index in [4.69, 9.17) is 4.74 Å². The van der Waals surface area contributed by atoms with Gasteiger partial charge in [-0.05, 0) is 24.5 Å². The van der Waals surface area contributed by atoms with Crippen molar-refractivity contribution >= 4 is 5.97 Å². The summed E-state index contributed by atoms with van der Waals surface area (Å²) < 4.78 is 4.84. The lowest BCUT2D eigenvalue weighted by atomic mass is 9.78. The third-order valence-corrected chi connectivity index (χ3v) is 2.93. The molecular weight excluding hydrogens is 202 g/mol. The number of hydrogen-bond donors (Lipinski definition) is 1. The predicted molar refractivity (Wildman–Crippen MR) is 62.4 cm³/mol. The van der Waals surface area contributed by atoms with E-state index in [2.05, 4.69) is 29.6 Å². The minimum atomic E-state index is -0.171. The lowest BCUT2D eigenvalue weighted by Crippen LogP contribution is -2.33. The van der Waals surface area contributed by atoms with Crippen LogP contribution >= 0.6 is 0 Å². The van der Waals surface area contributed by atoms with Crippen LogP contribution in [0.15, 0.2) is 24.3 Å². The van der Waals surface area contributed by atoms with Crippen LogP contribution < -0.4 is 5.32 Å². The average Bonchev–Trinajstić information content (AvgIpc) is 2.25. The number of carbonyl (C=O) groups excluding carboxylic acids is 1. The number of ether oxygens (including phenoxy) is 1. The molecule has 1 N–H and O–H groups in total. The SMILES string of the molecule is CCOC(=O)CNCC1Cc2ccccc21. The third-order valence-electron chi connectivity index (χ3n) is 2.93. The van der Waals surface area contributed by atoms with E-state index in [1.54, 1.807) is 0 Å². The molecule has 3 heteroatoms. The smallest absolute Gasteiger partial charge is 0.319 e. The number of rotatable bonds is 5. The van der Waals surface area contributed by atoms with Crippen molar-refractivity contribution in [2.24, 2.45) is 0 Å². The van der Waals surface area contributed by atoms with Crippen LogP contribution in [-0.4, -0.2) is 25.7 Å². The second kappa shape index (κ2) is 5.12. The summed E-state index contributed by atoms with van der Waals surface area (Å²) in [5.41, 5.74) is 2.85. The standard InChI is InChI=1S/C13H17NO2/c1-2-16-13(15)9-14-8-11-7-10-5-3-4-6-12(10)11/h3-6,11,14H,2,7-9H2,1H3. The van der Waals surface area contributed by atoms with Crippen LogP contribution in [0.2, 0.25) is 0 Å². The Morgan fingerprint density at radius 3 is 3.06 bits per heavy atom. The van der Waals surface area contributed by atoms with E-state index in [-0.39, 0.29) is 5.97 Å². The molecule has 0 amide bonds. The Bertz CT molecular complexity index is 376. The largest absolute Gasteiger partial charge is 0.465 e. The second-order valence-corrected chi connectivity index (χ2v) is 4.04. The topological polar surface area (TPSA) is 38.3 Å². The predicted octanol–water partition coefficient (Wildman–Crippen LogP) is 1.48. The maximum absolute atomic E-state index is 11.1. The lowest BCUT2D eigenvalue weighted by Gasteiger charge is -2.30. The summed E-state index contributed by atoms with van der Waals surface area (Å²) in [5.74, 6) is 0.390. The van der Waals surface area contributed by atoms with Crippen molar-refractivity contribution in [1.29, 1.82) is 0 Å². The summed E-state index contributed by atoms with van der Waals surface area (Å²) >= 11 is 0. The van der Waals surface area contributed by atoms with Gasteiger partial charge in [-0.25, -0.2) is 0 Å². The molecule has 0 spiro atoms. The zero-order chi connectivity index (χ0) is 11.4. The van der Waals surface area contributed by atoms with E-state index in [0.717, 1.165) is 13.0 Å². The Kier molecular flexibility index (Phi) is 3.57. The van der Waals surface area contributed by atoms with E-state index in [1.807, 2.05) is 6.92 Å². The molecule has 0 saturated heterocycles. The first-order valence-corrected chi connectivity index (χ1v) is 5.75. The maximum Gasteiger partial charge on any atom is 0.319 e. The van der Waals surface area contributed by atoms with E-state index < -0.39 is 0 Å². The van der Waals surface area contributed by atoms with Gasteiger partial charge in [0, 0.05) is 12.5 Å². The van der Waals surface area contributed by atoms with Gasteiger partial charge in [0.1, 0.15) is 0 Å². The zero-order valence-electron chi connectivity index (χ0n) is 9.53. The molecule has 0 aliphatic heterocycles. The number of fused-ring (bicyclic) bond motifs is 1. The van der Waals surface area contributed by atoms with Crippen LogP contribution in [0.4, 0.5) is 0 Å². The normalized spacial score (nSPS) is 17.4. The minimum Gasteiger partial charge on any atom is -0.465 e. The molecule has 2 rings (SSSR count). The highest BCUT2D eigenvalue weighted by molar-refractivity contribution is 5.71. The highest BCUT2D eigenvalue weighted by atomic mass is 16.5. The molecule has 1 atom stereocenters. The molecule has 1 aromatic rings. The van der Waals surface area contributed by atoms with Gasteiger partial charge in [-0.1, -0.05) is 24.3 Å². The van der Waals surface area contributed by atoms with E-state index in [0.29, 0.717) is 19.1 Å². The van der Waals surface area contributed by atoms with Crippen LogP contribution in [-0.2, 0) is 16.0 Å². The van der Waals surface area contributed by atoms with Crippen LogP contribution in [0.3, 0.4) is 0 Å². The van der Waals surface area contributed by atoms with Crippen molar-refractivity contribution in [3.63, 3.8) is 0 Å². The molecule has 0 radical (unpaired) electrons. The molecule has 0 aromatic heterocycles. The fourth-order valence-electron chi connectivity index (χ4n) is 2.11. The highest BCUT2D eigenvalue weighted by Gasteiger charge is 2.24. The van der Waals surface area contributed by atoms with Gasteiger partial charge in [0.05, 0.1) is 13.2 Å². The molecule has 1 aliphatic rings. The van der Waals surface area contributed by atoms with Crippen molar-refractivity contribution in [1.82, 2.24) is 5.32 Å². The van der Waals surface area contributed by atoms with Gasteiger partial charge in [-0.2, -0.15) is 0 Å². The summed E-state index contributed by atoms with van der Waals surface area (Å²) in [5, 5.41) is 3.14. The maximum atomic E-state index is 11.1. The Morgan fingerprint density at radius 1 is 1.50 bits per heavy atom. The number of carbonyl (C=O) groups is 1. The Morgan fingerprint density at radius 2 is 2.31 bits per heavy atom. The summed E-state index contributed by atoms with van der Waals surface area (Å²) in [6.07, 6.45) is 1.12. The molecule has 0 fully saturated rings. The molecule has 0 bridgehead atoms. The fourth-order valence-corrected chi connectivity index (χ4v) is 2.11. The Labute approximate surface area is 95.8 Å². The Hall–Kier alpha value is -1.35. The summed E-state index contributed by atoms with van der Waals surface area (Å²) in [6, 6.07) is 8.46. The van der Waals surface area contributed by atoms with Crippen LogP contribution in [0.1, 0.15) is 24.0 Å². The molecule has 1 unspecified atom stereocenters. The van der Waals surface area contributed by atoms with Crippen molar-refractivity contribution < 1.29 is 9.53 Å². The highest BCUT2D eigenvalue weighted by Crippen LogP contribution is 2.33. The van der Waals surface area contributed by atoms with Gasteiger partial charge in [0.15, 0.2) is 0 Å². The van der Waals surface area contributed by atoms with Gasteiger partial charge in [0.2, 0.25) is 0 Å². The van der Waals surface area contributed by atoms with Gasteiger partial charge in [0.25, 0.3) is 0 Å². The van der Waals surface area contributed by atoms with Crippen LogP contribution in [0.25, 0.3) is 0 Å². The molecule has 0 heterocycles. The monoisotopic (exact) mass is 219 g/mol. The van der Waals surface area contributed by atoms with Crippen LogP contribution in [0.5, 0.6) is 0 Å². The van der Waals surface area contributed by atoms with Crippen molar-refractivity contribution in [3.8, 4) is 0 Å². The van der Waals surface area contributed by atoms with Crippen LogP contribution in [0, 0.1) is 0 Å². The third kappa shape index (κ3) is 2.42. The van der Waals surface area contributed by atoms with E-state index in [9.17, 15) is 4.79 Å². The molecule has 16 heavy (non-hydrogen) atoms. The molecule has 1 aromatic carbocycles. The van der Waals surface area contributed by atoms with Crippen molar-refractivity contribution in [2.75, 3.05) is 19.7 Å². The number of benzene rings is 1. The Balaban J connectivity index is 1.72. The summed E-state index contributed by atoms with van der Waals surface area (Å²) in [7, 11) is 0. The molecule has 3 nitrogen and oxygen atoms in total. The van der Waals surface area contributed by atoms with Gasteiger partial charge in [-0.15, -0.1) is 0 Å². The number of hydrogen-bond acceptors (Lipinski definition) is 3. The minimum absolute atomic E-state index is 0.171. The summed E-state index contributed by atoms with van der Waals surface area (Å²) in [4.78, 5) is 11.1. The van der Waals surface area contributed by atoms with Crippen molar-refractivity contribution in [2.45, 2.75) is 19.3 Å². The second-order valence-electron chi connectivity index (χ2n) is 4.04. The number of esters is 1. The number of nitrogens with one attached hydrogen (secondary N) is 1. The van der Waals surface area contributed by atoms with Gasteiger partial charge >= 0.3 is 5.97 Å². The van der Waals surface area contributed by atoms with Gasteiger partial charge < -0.3 is 10.1 Å². The van der Waals surface area contributed by atoms with E-state index >= 15 is 0 Å². The quantitative estimate of drug-likeness (QED) is 0.762.